The molecule has 0 heterocycles. The fourth-order valence-corrected chi connectivity index (χ4v) is 3.04. The van der Waals surface area contributed by atoms with Gasteiger partial charge in [0.2, 0.25) is 17.7 Å². The second-order valence-electron chi connectivity index (χ2n) is 6.08. The monoisotopic (exact) mass is 419 g/mol. The number of nitrogens with zero attached hydrogens (tertiary/aromatic N) is 1. The zero-order valence-corrected chi connectivity index (χ0v) is 16.9. The highest BCUT2D eigenvalue weighted by Crippen LogP contribution is 2.15. The van der Waals surface area contributed by atoms with Crippen LogP contribution >= 0.6 is 11.8 Å². The summed E-state index contributed by atoms with van der Waals surface area (Å²) in [5.74, 6) is -0.584. The zero-order chi connectivity index (χ0) is 21.2. The molecule has 0 unspecified atom stereocenters. The van der Waals surface area contributed by atoms with Crippen molar-refractivity contribution in [2.75, 3.05) is 42.8 Å². The van der Waals surface area contributed by atoms with E-state index in [2.05, 4.69) is 10.6 Å². The number of benzene rings is 2. The lowest BCUT2D eigenvalue weighted by molar-refractivity contribution is -0.131. The van der Waals surface area contributed by atoms with E-state index < -0.39 is 11.7 Å². The highest BCUT2D eigenvalue weighted by atomic mass is 32.2. The molecule has 0 aliphatic rings. The standard InChI is InChI=1S/C20H22FN3O4S/c1-24(11-18(25)23-16-5-3-4-14(21)10-16)20(27)13-29-12-19(26)22-15-6-8-17(28-2)9-7-15/h3-10H,11-13H2,1-2H3,(H,22,26)(H,23,25). The van der Waals surface area contributed by atoms with Crippen LogP contribution in [0.1, 0.15) is 0 Å². The molecule has 2 aromatic rings. The Kier molecular flexibility index (Phi) is 8.47. The van der Waals surface area contributed by atoms with Crippen LogP contribution in [0.3, 0.4) is 0 Å². The summed E-state index contributed by atoms with van der Waals surface area (Å²) in [4.78, 5) is 37.3. The lowest BCUT2D eigenvalue weighted by Crippen LogP contribution is -2.36. The Morgan fingerprint density at radius 2 is 1.69 bits per heavy atom. The second kappa shape index (κ2) is 11.1. The van der Waals surface area contributed by atoms with Gasteiger partial charge in [0, 0.05) is 18.4 Å². The minimum absolute atomic E-state index is 0.0553. The first kappa shape index (κ1) is 22.2. The fraction of sp³-hybridized carbons (Fsp3) is 0.250. The lowest BCUT2D eigenvalue weighted by atomic mass is 10.3. The predicted molar refractivity (Wildman–Crippen MR) is 112 cm³/mol. The summed E-state index contributed by atoms with van der Waals surface area (Å²) >= 11 is 1.15. The number of hydrogen-bond acceptors (Lipinski definition) is 5. The first-order valence-electron chi connectivity index (χ1n) is 8.68. The molecule has 0 saturated heterocycles. The molecule has 0 aliphatic heterocycles. The molecule has 0 atom stereocenters. The largest absolute Gasteiger partial charge is 0.497 e. The van der Waals surface area contributed by atoms with Gasteiger partial charge in [-0.2, -0.15) is 0 Å². The number of nitrogens with one attached hydrogen (secondary N) is 2. The number of amides is 3. The Labute approximate surface area is 172 Å². The van der Waals surface area contributed by atoms with Crippen LogP contribution < -0.4 is 15.4 Å². The van der Waals surface area contributed by atoms with Gasteiger partial charge in [-0.1, -0.05) is 6.07 Å². The summed E-state index contributed by atoms with van der Waals surface area (Å²) in [6.45, 7) is -0.173. The molecular formula is C20H22FN3O4S. The van der Waals surface area contributed by atoms with E-state index in [1.165, 1.54) is 30.1 Å². The number of ether oxygens (including phenoxy) is 1. The first-order valence-corrected chi connectivity index (χ1v) is 9.84. The van der Waals surface area contributed by atoms with E-state index in [4.69, 9.17) is 4.74 Å². The van der Waals surface area contributed by atoms with E-state index in [0.717, 1.165) is 11.8 Å². The van der Waals surface area contributed by atoms with Crippen molar-refractivity contribution in [3.63, 3.8) is 0 Å². The van der Waals surface area contributed by atoms with E-state index in [-0.39, 0.29) is 29.9 Å². The van der Waals surface area contributed by atoms with Crippen LogP contribution in [-0.4, -0.2) is 54.8 Å². The van der Waals surface area contributed by atoms with Gasteiger partial charge in [-0.25, -0.2) is 4.39 Å². The highest BCUT2D eigenvalue weighted by molar-refractivity contribution is 8.00. The number of rotatable bonds is 9. The molecule has 0 saturated carbocycles. The smallest absolute Gasteiger partial charge is 0.243 e. The van der Waals surface area contributed by atoms with Gasteiger partial charge in [0.25, 0.3) is 0 Å². The molecule has 0 radical (unpaired) electrons. The SMILES string of the molecule is COc1ccc(NC(=O)CSCC(=O)N(C)CC(=O)Nc2cccc(F)c2)cc1. The Hall–Kier alpha value is -3.07. The van der Waals surface area contributed by atoms with Gasteiger partial charge < -0.3 is 20.3 Å². The Bertz CT molecular complexity index is 861. The van der Waals surface area contributed by atoms with Crippen LogP contribution in [0.15, 0.2) is 48.5 Å². The van der Waals surface area contributed by atoms with Crippen molar-refractivity contribution in [1.29, 1.82) is 0 Å². The maximum atomic E-state index is 13.1. The van der Waals surface area contributed by atoms with Crippen LogP contribution in [0.5, 0.6) is 5.75 Å². The molecule has 0 spiro atoms. The Morgan fingerprint density at radius 3 is 2.34 bits per heavy atom. The summed E-state index contributed by atoms with van der Waals surface area (Å²) in [7, 11) is 3.05. The van der Waals surface area contributed by atoms with E-state index in [0.29, 0.717) is 17.1 Å². The van der Waals surface area contributed by atoms with Crippen molar-refractivity contribution in [2.45, 2.75) is 0 Å². The second-order valence-corrected chi connectivity index (χ2v) is 7.06. The topological polar surface area (TPSA) is 87.7 Å². The van der Waals surface area contributed by atoms with E-state index >= 15 is 0 Å². The fourth-order valence-electron chi connectivity index (χ4n) is 2.28. The summed E-state index contributed by atoms with van der Waals surface area (Å²) in [5, 5.41) is 5.25. The van der Waals surface area contributed by atoms with Crippen molar-refractivity contribution in [2.24, 2.45) is 0 Å². The molecule has 29 heavy (non-hydrogen) atoms. The number of likely N-dealkylation sites (N-methyl/N-ethyl adjacent to an activating group) is 1. The number of carbonyl (C=O) groups is 3. The summed E-state index contributed by atoms with van der Waals surface area (Å²) in [5.41, 5.74) is 0.953. The average Bonchev–Trinajstić information content (AvgIpc) is 2.68. The predicted octanol–water partition coefficient (Wildman–Crippen LogP) is 2.60. The summed E-state index contributed by atoms with van der Waals surface area (Å²) in [6, 6.07) is 12.4. The molecule has 0 aliphatic carbocycles. The molecule has 2 rings (SSSR count). The highest BCUT2D eigenvalue weighted by Gasteiger charge is 2.14. The number of hydrogen-bond donors (Lipinski definition) is 2. The molecule has 2 aromatic carbocycles. The third-order valence-electron chi connectivity index (χ3n) is 3.75. The maximum absolute atomic E-state index is 13.1. The van der Waals surface area contributed by atoms with Gasteiger partial charge >= 0.3 is 0 Å². The molecule has 0 fully saturated rings. The van der Waals surface area contributed by atoms with Crippen molar-refractivity contribution in [1.82, 2.24) is 4.90 Å². The molecule has 3 amide bonds. The minimum atomic E-state index is -0.462. The number of carbonyl (C=O) groups excluding carboxylic acids is 3. The Morgan fingerprint density at radius 1 is 1.00 bits per heavy atom. The van der Waals surface area contributed by atoms with Crippen molar-refractivity contribution >= 4 is 40.9 Å². The van der Waals surface area contributed by atoms with Gasteiger partial charge in [-0.15, -0.1) is 11.8 Å². The van der Waals surface area contributed by atoms with Gasteiger partial charge in [-0.3, -0.25) is 14.4 Å². The van der Waals surface area contributed by atoms with Crippen molar-refractivity contribution in [3.8, 4) is 5.75 Å². The number of thioether (sulfide) groups is 1. The molecule has 7 nitrogen and oxygen atoms in total. The number of anilines is 2. The van der Waals surface area contributed by atoms with Crippen molar-refractivity contribution < 1.29 is 23.5 Å². The van der Waals surface area contributed by atoms with Crippen LogP contribution in [-0.2, 0) is 14.4 Å². The molecule has 9 heteroatoms. The van der Waals surface area contributed by atoms with Gasteiger partial charge in [0.15, 0.2) is 0 Å². The molecule has 0 aromatic heterocycles. The lowest BCUT2D eigenvalue weighted by Gasteiger charge is -2.16. The normalized spacial score (nSPS) is 10.2. The van der Waals surface area contributed by atoms with Gasteiger partial charge in [-0.05, 0) is 42.5 Å². The maximum Gasteiger partial charge on any atom is 0.243 e. The van der Waals surface area contributed by atoms with E-state index in [9.17, 15) is 18.8 Å². The summed E-state index contributed by atoms with van der Waals surface area (Å²) in [6.07, 6.45) is 0. The van der Waals surface area contributed by atoms with Crippen molar-refractivity contribution in [3.05, 3.63) is 54.3 Å². The van der Waals surface area contributed by atoms with Crippen LogP contribution in [0.4, 0.5) is 15.8 Å². The third-order valence-corrected chi connectivity index (χ3v) is 4.66. The first-order chi connectivity index (χ1) is 13.9. The third kappa shape index (κ3) is 7.82. The number of methoxy groups -OCH3 is 1. The average molecular weight is 419 g/mol. The minimum Gasteiger partial charge on any atom is -0.497 e. The quantitative estimate of drug-likeness (QED) is 0.652. The summed E-state index contributed by atoms with van der Waals surface area (Å²) < 4.78 is 18.2. The van der Waals surface area contributed by atoms with Gasteiger partial charge in [0.1, 0.15) is 11.6 Å². The van der Waals surface area contributed by atoms with Crippen LogP contribution in [0, 0.1) is 5.82 Å². The number of halogens is 1. The van der Waals surface area contributed by atoms with Crippen LogP contribution in [0.25, 0.3) is 0 Å². The molecule has 0 bridgehead atoms. The molecular weight excluding hydrogens is 397 g/mol. The van der Waals surface area contributed by atoms with E-state index in [1.54, 1.807) is 37.4 Å². The Balaban J connectivity index is 1.69. The van der Waals surface area contributed by atoms with Gasteiger partial charge in [0.05, 0.1) is 25.2 Å². The van der Waals surface area contributed by atoms with E-state index in [1.807, 2.05) is 0 Å². The molecule has 2 N–H and O–H groups in total. The zero-order valence-electron chi connectivity index (χ0n) is 16.1. The molecule has 154 valence electrons. The van der Waals surface area contributed by atoms with Crippen LogP contribution in [0.2, 0.25) is 0 Å².